The SMILES string of the molecule is CC(C)[C@H](NC(=O)c1c(F)cccc1F)C(=O)OCc1cn2ccccc2n1. The molecule has 8 heteroatoms. The van der Waals surface area contributed by atoms with Crippen molar-refractivity contribution in [3.63, 3.8) is 0 Å². The smallest absolute Gasteiger partial charge is 0.329 e. The van der Waals surface area contributed by atoms with E-state index >= 15 is 0 Å². The molecule has 0 radical (unpaired) electrons. The predicted molar refractivity (Wildman–Crippen MR) is 97.4 cm³/mol. The molecule has 1 N–H and O–H groups in total. The van der Waals surface area contributed by atoms with Crippen molar-refractivity contribution >= 4 is 17.5 Å². The Morgan fingerprint density at radius 2 is 1.86 bits per heavy atom. The Hall–Kier alpha value is -3.29. The fourth-order valence-electron chi connectivity index (χ4n) is 2.72. The highest BCUT2D eigenvalue weighted by molar-refractivity contribution is 5.97. The molecule has 0 unspecified atom stereocenters. The number of fused-ring (bicyclic) bond motifs is 1. The topological polar surface area (TPSA) is 72.7 Å². The van der Waals surface area contributed by atoms with Crippen molar-refractivity contribution in [2.24, 2.45) is 5.92 Å². The summed E-state index contributed by atoms with van der Waals surface area (Å²) in [6.07, 6.45) is 3.54. The van der Waals surface area contributed by atoms with Crippen molar-refractivity contribution in [2.75, 3.05) is 0 Å². The molecule has 146 valence electrons. The third-order valence-corrected chi connectivity index (χ3v) is 4.17. The summed E-state index contributed by atoms with van der Waals surface area (Å²) >= 11 is 0. The van der Waals surface area contributed by atoms with E-state index in [1.54, 1.807) is 24.4 Å². The van der Waals surface area contributed by atoms with Crippen molar-refractivity contribution in [3.05, 3.63) is 71.7 Å². The summed E-state index contributed by atoms with van der Waals surface area (Å²) in [6.45, 7) is 3.29. The van der Waals surface area contributed by atoms with Crippen LogP contribution in [0, 0.1) is 17.6 Å². The zero-order chi connectivity index (χ0) is 20.3. The minimum absolute atomic E-state index is 0.0896. The van der Waals surface area contributed by atoms with Crippen LogP contribution < -0.4 is 5.32 Å². The van der Waals surface area contributed by atoms with E-state index in [9.17, 15) is 18.4 Å². The molecule has 2 heterocycles. The number of aromatic nitrogens is 2. The van der Waals surface area contributed by atoms with E-state index in [-0.39, 0.29) is 12.5 Å². The van der Waals surface area contributed by atoms with E-state index in [1.165, 1.54) is 0 Å². The third-order valence-electron chi connectivity index (χ3n) is 4.17. The minimum atomic E-state index is -1.07. The molecule has 0 bridgehead atoms. The first-order valence-electron chi connectivity index (χ1n) is 8.71. The van der Waals surface area contributed by atoms with Crippen molar-refractivity contribution < 1.29 is 23.1 Å². The summed E-state index contributed by atoms with van der Waals surface area (Å²) in [6, 6.07) is 7.54. The fraction of sp³-hybridized carbons (Fsp3) is 0.250. The predicted octanol–water partition coefficient (Wildman–Crippen LogP) is 3.11. The van der Waals surface area contributed by atoms with Gasteiger partial charge in [0.05, 0.1) is 5.69 Å². The van der Waals surface area contributed by atoms with Gasteiger partial charge in [-0.25, -0.2) is 18.6 Å². The highest BCUT2D eigenvalue weighted by Crippen LogP contribution is 2.14. The molecular weight excluding hydrogens is 368 g/mol. The number of hydrogen-bond donors (Lipinski definition) is 1. The highest BCUT2D eigenvalue weighted by Gasteiger charge is 2.28. The van der Waals surface area contributed by atoms with Crippen LogP contribution in [0.1, 0.15) is 29.9 Å². The normalized spacial score (nSPS) is 12.2. The van der Waals surface area contributed by atoms with E-state index in [0.717, 1.165) is 18.2 Å². The zero-order valence-corrected chi connectivity index (χ0v) is 15.4. The molecule has 1 atom stereocenters. The summed E-state index contributed by atoms with van der Waals surface area (Å²) in [5.74, 6) is -4.08. The van der Waals surface area contributed by atoms with E-state index < -0.39 is 35.1 Å². The second-order valence-corrected chi connectivity index (χ2v) is 6.60. The lowest BCUT2D eigenvalue weighted by molar-refractivity contribution is -0.148. The van der Waals surface area contributed by atoms with E-state index in [2.05, 4.69) is 10.3 Å². The molecule has 3 rings (SSSR count). The van der Waals surface area contributed by atoms with Crippen LogP contribution >= 0.6 is 0 Å². The third kappa shape index (κ3) is 4.16. The van der Waals surface area contributed by atoms with Gasteiger partial charge in [-0.15, -0.1) is 0 Å². The maximum Gasteiger partial charge on any atom is 0.329 e. The molecule has 0 spiro atoms. The van der Waals surface area contributed by atoms with Gasteiger partial charge in [0.1, 0.15) is 35.5 Å². The second kappa shape index (κ2) is 8.16. The molecule has 0 saturated carbocycles. The molecule has 1 amide bonds. The van der Waals surface area contributed by atoms with Crippen molar-refractivity contribution in [2.45, 2.75) is 26.5 Å². The Morgan fingerprint density at radius 3 is 2.50 bits per heavy atom. The molecule has 3 aromatic rings. The standard InChI is InChI=1S/C20H19F2N3O3/c1-12(2)18(24-19(26)17-14(21)6-5-7-15(17)22)20(27)28-11-13-10-25-9-4-3-8-16(25)23-13/h3-10,12,18H,11H2,1-2H3,(H,24,26)/t18-/m0/s1. The molecular formula is C20H19F2N3O3. The van der Waals surface area contributed by atoms with Crippen LogP contribution in [0.2, 0.25) is 0 Å². The summed E-state index contributed by atoms with van der Waals surface area (Å²) in [7, 11) is 0. The minimum Gasteiger partial charge on any atom is -0.458 e. The zero-order valence-electron chi connectivity index (χ0n) is 15.4. The van der Waals surface area contributed by atoms with Gasteiger partial charge in [-0.3, -0.25) is 4.79 Å². The quantitative estimate of drug-likeness (QED) is 0.660. The van der Waals surface area contributed by atoms with Gasteiger partial charge in [0.2, 0.25) is 0 Å². The van der Waals surface area contributed by atoms with Crippen molar-refractivity contribution in [3.8, 4) is 0 Å². The van der Waals surface area contributed by atoms with Gasteiger partial charge in [-0.2, -0.15) is 0 Å². The average molecular weight is 387 g/mol. The van der Waals surface area contributed by atoms with Crippen LogP contribution in [0.15, 0.2) is 48.8 Å². The van der Waals surface area contributed by atoms with Gasteiger partial charge < -0.3 is 14.5 Å². The average Bonchev–Trinajstić information content (AvgIpc) is 3.06. The summed E-state index contributed by atoms with van der Waals surface area (Å²) in [5, 5.41) is 2.36. The number of carbonyl (C=O) groups is 2. The number of rotatable bonds is 6. The van der Waals surface area contributed by atoms with Crippen LogP contribution in [0.4, 0.5) is 8.78 Å². The van der Waals surface area contributed by atoms with E-state index in [0.29, 0.717) is 11.3 Å². The number of ether oxygens (including phenoxy) is 1. The first-order chi connectivity index (χ1) is 13.4. The number of esters is 1. The van der Waals surface area contributed by atoms with Crippen LogP contribution in [0.3, 0.4) is 0 Å². The Kier molecular flexibility index (Phi) is 5.67. The summed E-state index contributed by atoms with van der Waals surface area (Å²) in [4.78, 5) is 29.1. The highest BCUT2D eigenvalue weighted by atomic mass is 19.1. The largest absolute Gasteiger partial charge is 0.458 e. The lowest BCUT2D eigenvalue weighted by atomic mass is 10.0. The molecule has 1 aromatic carbocycles. The van der Waals surface area contributed by atoms with Crippen LogP contribution in [0.25, 0.3) is 5.65 Å². The number of amides is 1. The molecule has 0 saturated heterocycles. The fourth-order valence-corrected chi connectivity index (χ4v) is 2.72. The summed E-state index contributed by atoms with van der Waals surface area (Å²) in [5.41, 5.74) is 0.507. The Labute approximate surface area is 160 Å². The van der Waals surface area contributed by atoms with Gasteiger partial charge in [0.25, 0.3) is 5.91 Å². The Morgan fingerprint density at radius 1 is 1.14 bits per heavy atom. The number of nitrogens with one attached hydrogen (secondary N) is 1. The lowest BCUT2D eigenvalue weighted by Crippen LogP contribution is -2.45. The second-order valence-electron chi connectivity index (χ2n) is 6.60. The number of carbonyl (C=O) groups excluding carboxylic acids is 2. The van der Waals surface area contributed by atoms with Crippen molar-refractivity contribution in [1.29, 1.82) is 0 Å². The maximum atomic E-state index is 13.8. The van der Waals surface area contributed by atoms with Crippen LogP contribution in [0.5, 0.6) is 0 Å². The van der Waals surface area contributed by atoms with E-state index in [1.807, 2.05) is 24.4 Å². The maximum absolute atomic E-state index is 13.8. The Balaban J connectivity index is 1.69. The molecule has 0 aliphatic heterocycles. The monoisotopic (exact) mass is 387 g/mol. The van der Waals surface area contributed by atoms with Gasteiger partial charge in [-0.05, 0) is 30.2 Å². The van der Waals surface area contributed by atoms with Crippen molar-refractivity contribution in [1.82, 2.24) is 14.7 Å². The molecule has 0 aliphatic rings. The molecule has 6 nitrogen and oxygen atoms in total. The number of imidazole rings is 1. The first-order valence-corrected chi connectivity index (χ1v) is 8.71. The number of halogens is 2. The lowest BCUT2D eigenvalue weighted by Gasteiger charge is -2.21. The number of pyridine rings is 1. The van der Waals surface area contributed by atoms with Gasteiger partial charge in [0, 0.05) is 12.4 Å². The van der Waals surface area contributed by atoms with Gasteiger partial charge in [0.15, 0.2) is 0 Å². The number of benzene rings is 1. The number of hydrogen-bond acceptors (Lipinski definition) is 4. The molecule has 2 aromatic heterocycles. The number of nitrogens with zero attached hydrogens (tertiary/aromatic N) is 2. The molecule has 0 aliphatic carbocycles. The Bertz CT molecular complexity index is 964. The first kappa shape index (κ1) is 19.5. The molecule has 0 fully saturated rings. The van der Waals surface area contributed by atoms with Crippen LogP contribution in [-0.4, -0.2) is 27.3 Å². The van der Waals surface area contributed by atoms with Gasteiger partial charge in [-0.1, -0.05) is 26.0 Å². The van der Waals surface area contributed by atoms with Gasteiger partial charge >= 0.3 is 5.97 Å². The summed E-state index contributed by atoms with van der Waals surface area (Å²) < 4.78 is 34.6. The van der Waals surface area contributed by atoms with E-state index in [4.69, 9.17) is 4.74 Å². The molecule has 28 heavy (non-hydrogen) atoms. The van der Waals surface area contributed by atoms with Crippen LogP contribution in [-0.2, 0) is 16.1 Å².